The summed E-state index contributed by atoms with van der Waals surface area (Å²) in [6, 6.07) is 11.7. The van der Waals surface area contributed by atoms with Crippen LogP contribution in [0.3, 0.4) is 0 Å². The van der Waals surface area contributed by atoms with Gasteiger partial charge in [0, 0.05) is 6.42 Å². The summed E-state index contributed by atoms with van der Waals surface area (Å²) in [4.78, 5) is 0. The number of hydrogen-bond donors (Lipinski definition) is 0. The van der Waals surface area contributed by atoms with Gasteiger partial charge in [-0.05, 0) is 48.9 Å². The minimum absolute atomic E-state index is 0.0235. The van der Waals surface area contributed by atoms with Crippen molar-refractivity contribution in [1.82, 2.24) is 0 Å². The van der Waals surface area contributed by atoms with Gasteiger partial charge in [-0.15, -0.1) is 0 Å². The van der Waals surface area contributed by atoms with Crippen LogP contribution < -0.4 is 9.47 Å². The molecule has 0 aromatic heterocycles. The molecule has 0 aliphatic heterocycles. The van der Waals surface area contributed by atoms with E-state index in [2.05, 4.69) is 0 Å². The van der Waals surface area contributed by atoms with E-state index in [9.17, 15) is 13.2 Å². The lowest BCUT2D eigenvalue weighted by Gasteiger charge is -2.18. The summed E-state index contributed by atoms with van der Waals surface area (Å²) in [6.45, 7) is 1.64. The molecule has 2 nitrogen and oxygen atoms in total. The van der Waals surface area contributed by atoms with Crippen LogP contribution in [-0.4, -0.2) is 13.3 Å². The quantitative estimate of drug-likeness (QED) is 0.585. The summed E-state index contributed by atoms with van der Waals surface area (Å²) in [7, 11) is 0. The molecule has 0 bridgehead atoms. The van der Waals surface area contributed by atoms with E-state index >= 15 is 0 Å². The lowest BCUT2D eigenvalue weighted by Crippen LogP contribution is -2.21. The van der Waals surface area contributed by atoms with Crippen molar-refractivity contribution in [2.75, 3.05) is 13.3 Å². The van der Waals surface area contributed by atoms with Crippen LogP contribution in [0, 0.1) is 0 Å². The molecule has 0 amide bonds. The molecule has 24 heavy (non-hydrogen) atoms. The van der Waals surface area contributed by atoms with Crippen LogP contribution >= 0.6 is 0 Å². The van der Waals surface area contributed by atoms with Gasteiger partial charge in [-0.25, -0.2) is 0 Å². The Balaban J connectivity index is 2.02. The van der Waals surface area contributed by atoms with E-state index in [1.54, 1.807) is 12.1 Å². The van der Waals surface area contributed by atoms with Gasteiger partial charge in [0.15, 0.2) is 0 Å². The number of alkyl halides is 3. The third kappa shape index (κ3) is 5.05. The molecule has 0 spiro atoms. The molecule has 2 aromatic carbocycles. The van der Waals surface area contributed by atoms with E-state index in [-0.39, 0.29) is 17.9 Å². The van der Waals surface area contributed by atoms with Crippen molar-refractivity contribution in [3.63, 3.8) is 0 Å². The van der Waals surface area contributed by atoms with Crippen molar-refractivity contribution < 1.29 is 22.6 Å². The highest BCUT2D eigenvalue weighted by atomic mass is 19.3. The molecule has 0 unspecified atom stereocenters. The number of hydrogen-bond acceptors (Lipinski definition) is 2. The van der Waals surface area contributed by atoms with E-state index < -0.39 is 12.8 Å². The van der Waals surface area contributed by atoms with Crippen molar-refractivity contribution in [3.05, 3.63) is 65.7 Å². The van der Waals surface area contributed by atoms with Crippen LogP contribution in [0.1, 0.15) is 24.5 Å². The maximum absolute atomic E-state index is 14.2. The zero-order valence-electron chi connectivity index (χ0n) is 13.3. The summed E-state index contributed by atoms with van der Waals surface area (Å²) in [5.74, 6) is 0.505. The van der Waals surface area contributed by atoms with E-state index in [0.29, 0.717) is 12.2 Å². The summed E-state index contributed by atoms with van der Waals surface area (Å²) < 4.78 is 50.4. The van der Waals surface area contributed by atoms with Gasteiger partial charge in [0.25, 0.3) is 0 Å². The van der Waals surface area contributed by atoms with Crippen molar-refractivity contribution in [2.45, 2.75) is 19.5 Å². The van der Waals surface area contributed by atoms with E-state index in [4.69, 9.17) is 9.47 Å². The molecule has 0 fully saturated rings. The lowest BCUT2D eigenvalue weighted by atomic mass is 10.1. The lowest BCUT2D eigenvalue weighted by molar-refractivity contribution is -0.185. The molecule has 2 aromatic rings. The van der Waals surface area contributed by atoms with Gasteiger partial charge < -0.3 is 9.47 Å². The van der Waals surface area contributed by atoms with Crippen molar-refractivity contribution >= 4 is 6.08 Å². The summed E-state index contributed by atoms with van der Waals surface area (Å²) >= 11 is 0. The molecule has 0 radical (unpaired) electrons. The summed E-state index contributed by atoms with van der Waals surface area (Å²) in [5, 5.41) is 0. The van der Waals surface area contributed by atoms with E-state index in [1.807, 2.05) is 19.1 Å². The Morgan fingerprint density at radius 2 is 1.58 bits per heavy atom. The second-order valence-electron chi connectivity index (χ2n) is 5.10. The molecule has 0 saturated heterocycles. The molecule has 5 heteroatoms. The van der Waals surface area contributed by atoms with Gasteiger partial charge >= 0.3 is 6.11 Å². The first kappa shape index (κ1) is 17.9. The summed E-state index contributed by atoms with van der Waals surface area (Å²) in [5.41, 5.74) is 0.617. The zero-order chi connectivity index (χ0) is 17.4. The highest BCUT2D eigenvalue weighted by Gasteiger charge is 2.34. The average Bonchev–Trinajstić information content (AvgIpc) is 2.57. The molecule has 0 saturated carbocycles. The standard InChI is InChI=1S/C19H19F3O2/c1-2-4-15-5-7-16(8-6-15)19(21,22)24-18-11-9-17(10-12-18)23-14-3-13-20/h2,4-12H,3,13-14H2,1H3/b4-2+. The van der Waals surface area contributed by atoms with Crippen LogP contribution in [0.25, 0.3) is 6.08 Å². The Morgan fingerprint density at radius 3 is 2.17 bits per heavy atom. The monoisotopic (exact) mass is 336 g/mol. The Bertz CT molecular complexity index is 649. The first-order valence-corrected chi connectivity index (χ1v) is 7.64. The average molecular weight is 336 g/mol. The van der Waals surface area contributed by atoms with Crippen molar-refractivity contribution in [3.8, 4) is 11.5 Å². The molecule has 2 rings (SSSR count). The van der Waals surface area contributed by atoms with Crippen LogP contribution in [0.5, 0.6) is 11.5 Å². The predicted molar refractivity (Wildman–Crippen MR) is 88.2 cm³/mol. The van der Waals surface area contributed by atoms with Crippen molar-refractivity contribution in [1.29, 1.82) is 0 Å². The fraction of sp³-hybridized carbons (Fsp3) is 0.263. The van der Waals surface area contributed by atoms with Crippen LogP contribution in [0.15, 0.2) is 54.6 Å². The normalized spacial score (nSPS) is 11.7. The van der Waals surface area contributed by atoms with Gasteiger partial charge in [0.1, 0.15) is 11.5 Å². The maximum atomic E-state index is 14.2. The number of ether oxygens (including phenoxy) is 2. The van der Waals surface area contributed by atoms with Crippen LogP contribution in [0.4, 0.5) is 13.2 Å². The Kier molecular flexibility index (Phi) is 6.29. The van der Waals surface area contributed by atoms with Crippen LogP contribution in [0.2, 0.25) is 0 Å². The highest BCUT2D eigenvalue weighted by molar-refractivity contribution is 5.49. The minimum Gasteiger partial charge on any atom is -0.493 e. The number of rotatable bonds is 8. The number of allylic oxidation sites excluding steroid dienone is 1. The second-order valence-corrected chi connectivity index (χ2v) is 5.10. The van der Waals surface area contributed by atoms with Crippen molar-refractivity contribution in [2.24, 2.45) is 0 Å². The van der Waals surface area contributed by atoms with Gasteiger partial charge in [-0.1, -0.05) is 24.3 Å². The van der Waals surface area contributed by atoms with E-state index in [1.165, 1.54) is 36.4 Å². The maximum Gasteiger partial charge on any atom is 0.426 e. The molecule has 0 N–H and O–H groups in total. The van der Waals surface area contributed by atoms with Gasteiger partial charge in [0.05, 0.1) is 18.8 Å². The third-order valence-electron chi connectivity index (χ3n) is 3.22. The molecular weight excluding hydrogens is 317 g/mol. The Labute approximate surface area is 139 Å². The highest BCUT2D eigenvalue weighted by Crippen LogP contribution is 2.32. The topological polar surface area (TPSA) is 18.5 Å². The largest absolute Gasteiger partial charge is 0.493 e. The van der Waals surface area contributed by atoms with Crippen LogP contribution in [-0.2, 0) is 6.11 Å². The molecule has 128 valence electrons. The SMILES string of the molecule is C/C=C/c1ccc(C(F)(F)Oc2ccc(OCCCF)cc2)cc1. The summed E-state index contributed by atoms with van der Waals surface area (Å²) in [6.07, 6.45) is 0.510. The Hall–Kier alpha value is -2.43. The zero-order valence-corrected chi connectivity index (χ0v) is 13.3. The molecule has 0 aliphatic carbocycles. The number of benzene rings is 2. The number of halogens is 3. The molecule has 0 heterocycles. The Morgan fingerprint density at radius 1 is 0.958 bits per heavy atom. The van der Waals surface area contributed by atoms with E-state index in [0.717, 1.165) is 5.56 Å². The predicted octanol–water partition coefficient (Wildman–Crippen LogP) is 5.59. The second kappa shape index (κ2) is 8.43. The minimum atomic E-state index is -3.44. The fourth-order valence-electron chi connectivity index (χ4n) is 2.04. The van der Waals surface area contributed by atoms with Gasteiger partial charge in [0.2, 0.25) is 0 Å². The fourth-order valence-corrected chi connectivity index (χ4v) is 2.04. The first-order valence-electron chi connectivity index (χ1n) is 7.64. The van der Waals surface area contributed by atoms with Gasteiger partial charge in [-0.3, -0.25) is 4.39 Å². The molecule has 0 aliphatic rings. The molecular formula is C19H19F3O2. The first-order chi connectivity index (χ1) is 11.5. The smallest absolute Gasteiger partial charge is 0.426 e. The third-order valence-corrected chi connectivity index (χ3v) is 3.22. The van der Waals surface area contributed by atoms with Gasteiger partial charge in [-0.2, -0.15) is 8.78 Å². The molecule has 0 atom stereocenters.